The average Bonchev–Trinajstić information content (AvgIpc) is 2.68. The summed E-state index contributed by atoms with van der Waals surface area (Å²) in [5.41, 5.74) is 0.296. The van der Waals surface area contributed by atoms with E-state index in [1.165, 1.54) is 11.0 Å². The van der Waals surface area contributed by atoms with Crippen molar-refractivity contribution in [2.45, 2.75) is 25.8 Å². The highest BCUT2D eigenvalue weighted by molar-refractivity contribution is 7.88. The molecule has 0 aromatic heterocycles. The van der Waals surface area contributed by atoms with Gasteiger partial charge in [0.05, 0.1) is 31.0 Å². The van der Waals surface area contributed by atoms with Crippen molar-refractivity contribution in [1.82, 2.24) is 20.3 Å². The molecule has 1 heterocycles. The number of hydrogen-bond acceptors (Lipinski definition) is 6. The molecule has 1 aromatic carbocycles. The second-order valence-electron chi connectivity index (χ2n) is 7.29. The maximum atomic E-state index is 12.5. The van der Waals surface area contributed by atoms with E-state index in [0.717, 1.165) is 6.26 Å². The molecule has 0 saturated carbocycles. The van der Waals surface area contributed by atoms with Gasteiger partial charge in [0.1, 0.15) is 12.4 Å². The van der Waals surface area contributed by atoms with Crippen molar-refractivity contribution >= 4 is 39.3 Å². The van der Waals surface area contributed by atoms with Crippen LogP contribution in [0.5, 0.6) is 5.75 Å². The molecular formula is C19H27ClN4O6S. The van der Waals surface area contributed by atoms with Crippen molar-refractivity contribution in [3.63, 3.8) is 0 Å². The van der Waals surface area contributed by atoms with Crippen molar-refractivity contribution in [2.24, 2.45) is 0 Å². The van der Waals surface area contributed by atoms with Gasteiger partial charge in [0, 0.05) is 18.1 Å². The number of carbonyl (C=O) groups excluding carboxylic acids is 3. The van der Waals surface area contributed by atoms with Gasteiger partial charge in [0.25, 0.3) is 5.91 Å². The van der Waals surface area contributed by atoms with E-state index in [2.05, 4.69) is 15.4 Å². The lowest BCUT2D eigenvalue weighted by Crippen LogP contribution is -2.47. The van der Waals surface area contributed by atoms with Crippen LogP contribution in [-0.4, -0.2) is 76.1 Å². The summed E-state index contributed by atoms with van der Waals surface area (Å²) in [5, 5.41) is 5.92. The fourth-order valence-electron chi connectivity index (χ4n) is 2.88. The lowest BCUT2D eigenvalue weighted by atomic mass is 10.2. The van der Waals surface area contributed by atoms with Crippen molar-refractivity contribution < 1.29 is 27.5 Å². The summed E-state index contributed by atoms with van der Waals surface area (Å²) in [4.78, 5) is 38.6. The Hall–Kier alpha value is -2.37. The highest BCUT2D eigenvalue weighted by Crippen LogP contribution is 2.23. The monoisotopic (exact) mass is 474 g/mol. The number of rotatable bonds is 3. The van der Waals surface area contributed by atoms with Crippen LogP contribution in [0.3, 0.4) is 0 Å². The number of nitrogens with zero attached hydrogens (tertiary/aromatic N) is 1. The Bertz CT molecular complexity index is 924. The van der Waals surface area contributed by atoms with Crippen LogP contribution < -0.4 is 20.1 Å². The standard InChI is InChI=1S/C19H27ClN4O6S/c1-13-12-30-16-6-5-14(20)9-15(16)19(27)21-7-3-4-8-24(11-17(25)23-13)18(26)10-22-31(2,28)29/h5-6,9,13,22H,3-4,7-8,10-12H2,1-2H3,(H,21,27)(H,23,25)/t13-/m0/s1. The van der Waals surface area contributed by atoms with Crippen LogP contribution in [0, 0.1) is 0 Å². The molecule has 0 saturated heterocycles. The van der Waals surface area contributed by atoms with Crippen molar-refractivity contribution in [2.75, 3.05) is 39.0 Å². The molecule has 0 fully saturated rings. The summed E-state index contributed by atoms with van der Waals surface area (Å²) in [6.45, 7) is 1.75. The number of hydrogen-bond donors (Lipinski definition) is 3. The first-order valence-corrected chi connectivity index (χ1v) is 12.0. The topological polar surface area (TPSA) is 134 Å². The van der Waals surface area contributed by atoms with Crippen LogP contribution in [0.1, 0.15) is 30.1 Å². The average molecular weight is 475 g/mol. The first kappa shape index (κ1) is 24.9. The molecule has 31 heavy (non-hydrogen) atoms. The molecular weight excluding hydrogens is 448 g/mol. The molecule has 3 amide bonds. The number of sulfonamides is 1. The van der Waals surface area contributed by atoms with E-state index in [9.17, 15) is 22.8 Å². The Labute approximate surface area is 186 Å². The molecule has 1 atom stereocenters. The van der Waals surface area contributed by atoms with Gasteiger partial charge in [-0.3, -0.25) is 14.4 Å². The maximum Gasteiger partial charge on any atom is 0.255 e. The van der Waals surface area contributed by atoms with E-state index in [0.29, 0.717) is 35.7 Å². The second-order valence-corrected chi connectivity index (χ2v) is 9.56. The minimum Gasteiger partial charge on any atom is -0.491 e. The van der Waals surface area contributed by atoms with Crippen molar-refractivity contribution in [3.05, 3.63) is 28.8 Å². The minimum atomic E-state index is -3.54. The van der Waals surface area contributed by atoms with Crippen molar-refractivity contribution in [1.29, 1.82) is 0 Å². The lowest BCUT2D eigenvalue weighted by molar-refractivity contribution is -0.135. The molecule has 2 rings (SSSR count). The summed E-state index contributed by atoms with van der Waals surface area (Å²) >= 11 is 6.01. The summed E-state index contributed by atoms with van der Waals surface area (Å²) < 4.78 is 30.4. The van der Waals surface area contributed by atoms with Crippen LogP contribution in [0.15, 0.2) is 18.2 Å². The second kappa shape index (κ2) is 11.3. The molecule has 0 bridgehead atoms. The Morgan fingerprint density at radius 3 is 2.77 bits per heavy atom. The Morgan fingerprint density at radius 1 is 1.32 bits per heavy atom. The lowest BCUT2D eigenvalue weighted by Gasteiger charge is -2.23. The predicted octanol–water partition coefficient (Wildman–Crippen LogP) is 0.125. The van der Waals surface area contributed by atoms with E-state index >= 15 is 0 Å². The largest absolute Gasteiger partial charge is 0.491 e. The normalized spacial score (nSPS) is 19.2. The van der Waals surface area contributed by atoms with Gasteiger partial charge in [-0.1, -0.05) is 11.6 Å². The summed E-state index contributed by atoms with van der Waals surface area (Å²) in [5.74, 6) is -0.903. The summed E-state index contributed by atoms with van der Waals surface area (Å²) in [7, 11) is -3.54. The number of halogens is 1. The number of nitrogens with one attached hydrogen (secondary N) is 3. The zero-order chi connectivity index (χ0) is 23.0. The Morgan fingerprint density at radius 2 is 2.06 bits per heavy atom. The summed E-state index contributed by atoms with van der Waals surface area (Å²) in [6.07, 6.45) is 2.00. The van der Waals surface area contributed by atoms with E-state index in [1.807, 2.05) is 0 Å². The molecule has 10 nitrogen and oxygen atoms in total. The molecule has 0 radical (unpaired) electrons. The van der Waals surface area contributed by atoms with Crippen LogP contribution in [0.2, 0.25) is 5.02 Å². The van der Waals surface area contributed by atoms with Crippen LogP contribution in [0.25, 0.3) is 0 Å². The number of carbonyl (C=O) groups is 3. The molecule has 3 N–H and O–H groups in total. The molecule has 172 valence electrons. The first-order valence-electron chi connectivity index (χ1n) is 9.77. The van der Waals surface area contributed by atoms with Gasteiger partial charge in [-0.25, -0.2) is 13.1 Å². The van der Waals surface area contributed by atoms with E-state index in [-0.39, 0.29) is 25.6 Å². The smallest absolute Gasteiger partial charge is 0.255 e. The molecule has 1 aliphatic heterocycles. The molecule has 0 unspecified atom stereocenters. The van der Waals surface area contributed by atoms with Gasteiger partial charge in [-0.15, -0.1) is 0 Å². The highest BCUT2D eigenvalue weighted by Gasteiger charge is 2.20. The number of amides is 3. The molecule has 0 aliphatic carbocycles. The van der Waals surface area contributed by atoms with Crippen LogP contribution >= 0.6 is 11.6 Å². The molecule has 0 spiro atoms. The van der Waals surface area contributed by atoms with Crippen LogP contribution in [0.4, 0.5) is 0 Å². The Kier molecular flexibility index (Phi) is 9.08. The zero-order valence-electron chi connectivity index (χ0n) is 17.4. The summed E-state index contributed by atoms with van der Waals surface area (Å²) in [6, 6.07) is 4.32. The molecule has 1 aliphatic rings. The minimum absolute atomic E-state index is 0.0945. The number of fused-ring (bicyclic) bond motifs is 1. The first-order chi connectivity index (χ1) is 14.5. The van der Waals surface area contributed by atoms with Crippen molar-refractivity contribution in [3.8, 4) is 5.75 Å². The van der Waals surface area contributed by atoms with E-state index in [1.54, 1.807) is 19.1 Å². The SMILES string of the molecule is C[C@H]1COc2ccc(Cl)cc2C(=O)NCCCCN(C(=O)CNS(C)(=O)=O)CC(=O)N1. The van der Waals surface area contributed by atoms with E-state index < -0.39 is 34.4 Å². The van der Waals surface area contributed by atoms with Gasteiger partial charge in [0.2, 0.25) is 21.8 Å². The zero-order valence-corrected chi connectivity index (χ0v) is 19.0. The van der Waals surface area contributed by atoms with Gasteiger partial charge in [-0.2, -0.15) is 0 Å². The molecule has 1 aromatic rings. The Balaban J connectivity index is 2.12. The maximum absolute atomic E-state index is 12.5. The molecule has 12 heteroatoms. The number of ether oxygens (including phenoxy) is 1. The fourth-order valence-corrected chi connectivity index (χ4v) is 3.43. The van der Waals surface area contributed by atoms with Gasteiger partial charge in [0.15, 0.2) is 0 Å². The van der Waals surface area contributed by atoms with Gasteiger partial charge in [-0.05, 0) is 38.0 Å². The third kappa shape index (κ3) is 8.72. The fraction of sp³-hybridized carbons (Fsp3) is 0.526. The van der Waals surface area contributed by atoms with Gasteiger partial charge >= 0.3 is 0 Å². The predicted molar refractivity (Wildman–Crippen MR) is 116 cm³/mol. The van der Waals surface area contributed by atoms with E-state index in [4.69, 9.17) is 16.3 Å². The highest BCUT2D eigenvalue weighted by atomic mass is 35.5. The quantitative estimate of drug-likeness (QED) is 0.570. The van der Waals surface area contributed by atoms with Gasteiger partial charge < -0.3 is 20.3 Å². The van der Waals surface area contributed by atoms with Crippen LogP contribution in [-0.2, 0) is 19.6 Å². The number of benzene rings is 1. The third-order valence-electron chi connectivity index (χ3n) is 4.40. The third-order valence-corrected chi connectivity index (χ3v) is 5.30.